The Balaban J connectivity index is 0.00000397. The molecule has 0 spiro atoms. The Kier molecular flexibility index (Phi) is 8.29. The Morgan fingerprint density at radius 3 is 2.04 bits per heavy atom. The maximum Gasteiger partial charge on any atom is 0.184 e. The number of aryl methyl sites for hydroxylation is 2. The number of quaternary nitrogens is 2. The number of ether oxygens (including phenoxy) is 1. The van der Waals surface area contributed by atoms with E-state index in [4.69, 9.17) is 9.72 Å². The number of hydrogen-bond acceptors (Lipinski definition) is 2. The van der Waals surface area contributed by atoms with Crippen LogP contribution in [0.25, 0.3) is 38.8 Å². The topological polar surface area (TPSA) is 27.1 Å². The summed E-state index contributed by atoms with van der Waals surface area (Å²) in [6.45, 7) is 14.6. The first-order chi connectivity index (χ1) is 26.1. The molecule has 0 amide bonds. The molecule has 1 fully saturated rings. The quantitative estimate of drug-likeness (QED) is 0.123. The molecule has 0 N–H and O–H groups in total. The Hall–Kier alpha value is -5.32. The van der Waals surface area contributed by atoms with Gasteiger partial charge in [0.1, 0.15) is 11.5 Å². The first-order valence-corrected chi connectivity index (χ1v) is 18.7. The second kappa shape index (κ2) is 12.9. The molecule has 274 valence electrons. The third kappa shape index (κ3) is 5.44. The zero-order chi connectivity index (χ0) is 36.8. The van der Waals surface area contributed by atoms with E-state index < -0.39 is 0 Å². The van der Waals surface area contributed by atoms with E-state index >= 15 is 0 Å². The zero-order valence-corrected chi connectivity index (χ0v) is 33.8. The minimum Gasteiger partial charge on any atom is -0.509 e. The van der Waals surface area contributed by atoms with Gasteiger partial charge in [0.2, 0.25) is 0 Å². The molecule has 0 radical (unpaired) electrons. The van der Waals surface area contributed by atoms with Crippen LogP contribution in [-0.4, -0.2) is 16.2 Å². The van der Waals surface area contributed by atoms with E-state index in [0.717, 1.165) is 51.1 Å². The average Bonchev–Trinajstić information content (AvgIpc) is 3.75. The predicted molar refractivity (Wildman–Crippen MR) is 221 cm³/mol. The van der Waals surface area contributed by atoms with Crippen molar-refractivity contribution in [3.05, 3.63) is 175 Å². The fraction of sp³-hybridized carbons (Fsp3) is 0.143. The summed E-state index contributed by atoms with van der Waals surface area (Å²) in [5.41, 5.74) is 12.8. The molecule has 8 aromatic rings. The van der Waals surface area contributed by atoms with Gasteiger partial charge in [0.05, 0.1) is 6.67 Å². The van der Waals surface area contributed by atoms with Crippen LogP contribution in [0.5, 0.6) is 11.5 Å². The molecular formula is C49H41N4OPt-. The zero-order valence-electron chi connectivity index (χ0n) is 31.6. The molecule has 5 heterocycles. The third-order valence-electron chi connectivity index (χ3n) is 11.5. The third-order valence-corrected chi connectivity index (χ3v) is 11.5. The Morgan fingerprint density at radius 2 is 1.35 bits per heavy atom. The van der Waals surface area contributed by atoms with Crippen molar-refractivity contribution >= 4 is 44.6 Å². The molecule has 3 aliphatic heterocycles. The van der Waals surface area contributed by atoms with Gasteiger partial charge in [-0.1, -0.05) is 111 Å². The summed E-state index contributed by atoms with van der Waals surface area (Å²) in [4.78, 5) is 4.79. The molecule has 0 aliphatic carbocycles. The van der Waals surface area contributed by atoms with Crippen LogP contribution in [0.2, 0.25) is 0 Å². The first kappa shape index (κ1) is 35.4. The first-order valence-electron chi connectivity index (χ1n) is 18.7. The molecular weight excluding hydrogens is 856 g/mol. The molecule has 0 saturated carbocycles. The number of pyridine rings is 1. The molecule has 6 aromatic carbocycles. The van der Waals surface area contributed by atoms with Crippen molar-refractivity contribution in [1.82, 2.24) is 18.5 Å². The van der Waals surface area contributed by atoms with E-state index in [0.29, 0.717) is 20.5 Å². The van der Waals surface area contributed by atoms with Gasteiger partial charge in [-0.2, -0.15) is 0 Å². The molecule has 3 aliphatic rings. The van der Waals surface area contributed by atoms with Gasteiger partial charge in [0.15, 0.2) is 18.0 Å². The number of hydrogen-bond donors (Lipinski definition) is 0. The van der Waals surface area contributed by atoms with Crippen LogP contribution >= 0.6 is 0 Å². The molecule has 55 heavy (non-hydrogen) atoms. The fourth-order valence-corrected chi connectivity index (χ4v) is 8.58. The number of rotatable bonds is 6. The molecule has 2 aromatic heterocycles. The van der Waals surface area contributed by atoms with E-state index in [9.17, 15) is 0 Å². The van der Waals surface area contributed by atoms with Crippen molar-refractivity contribution in [2.24, 2.45) is 0 Å². The van der Waals surface area contributed by atoms with Gasteiger partial charge in [-0.3, -0.25) is 4.48 Å². The van der Waals surface area contributed by atoms with Crippen LogP contribution in [0.4, 0.5) is 22.7 Å². The smallest absolute Gasteiger partial charge is 0.184 e. The van der Waals surface area contributed by atoms with Crippen LogP contribution in [0.3, 0.4) is 0 Å². The molecule has 6 heteroatoms. The van der Waals surface area contributed by atoms with Crippen molar-refractivity contribution in [2.45, 2.75) is 40.0 Å². The van der Waals surface area contributed by atoms with Crippen LogP contribution < -0.4 is 13.7 Å². The Labute approximate surface area is 337 Å². The summed E-state index contributed by atoms with van der Waals surface area (Å²) in [6, 6.07) is 55.0. The second-order valence-corrected chi connectivity index (χ2v) is 15.9. The predicted octanol–water partition coefficient (Wildman–Crippen LogP) is 12.5. The Morgan fingerprint density at radius 1 is 0.709 bits per heavy atom. The van der Waals surface area contributed by atoms with Gasteiger partial charge in [-0.25, -0.2) is 4.98 Å². The molecule has 2 atom stereocenters. The minimum atomic E-state index is -0.128. The van der Waals surface area contributed by atoms with Gasteiger partial charge in [-0.15, -0.1) is 35.4 Å². The molecule has 2 bridgehead atoms. The normalized spacial score (nSPS) is 18.5. The van der Waals surface area contributed by atoms with Crippen molar-refractivity contribution < 1.29 is 25.8 Å². The number of fused-ring (bicyclic) bond motifs is 3. The Bertz CT molecular complexity index is 2750. The van der Waals surface area contributed by atoms with E-state index in [1.165, 1.54) is 33.8 Å². The molecule has 0 unspecified atom stereocenters. The summed E-state index contributed by atoms with van der Waals surface area (Å²) in [5.74, 6) is 2.14. The fourth-order valence-electron chi connectivity index (χ4n) is 8.58. The van der Waals surface area contributed by atoms with Crippen LogP contribution in [-0.2, 0) is 26.5 Å². The largest absolute Gasteiger partial charge is 0.509 e. The average molecular weight is 897 g/mol. The maximum atomic E-state index is 7.00. The summed E-state index contributed by atoms with van der Waals surface area (Å²) in [7, 11) is 0. The summed E-state index contributed by atoms with van der Waals surface area (Å²) < 4.78 is 10.5. The van der Waals surface area contributed by atoms with Gasteiger partial charge in [0.25, 0.3) is 0 Å². The number of aromatic nitrogens is 2. The molecule has 5 nitrogen and oxygen atoms in total. The van der Waals surface area contributed by atoms with Gasteiger partial charge < -0.3 is 13.8 Å². The van der Waals surface area contributed by atoms with Gasteiger partial charge in [0, 0.05) is 62.1 Å². The summed E-state index contributed by atoms with van der Waals surface area (Å²) in [6.07, 6.45) is 1.84. The van der Waals surface area contributed by atoms with E-state index in [2.05, 4.69) is 173 Å². The summed E-state index contributed by atoms with van der Waals surface area (Å²) >= 11 is 0. The van der Waals surface area contributed by atoms with E-state index in [-0.39, 0.29) is 26.5 Å². The number of para-hydroxylation sites is 2. The SMILES string of the molecule is Cc1cc2c(cc1C)[N@+]1(c3[c-]c(Oc4[c-]c5c(c(-c6ccccc6)c4)c4ccccc4n5-c4ccccn4)cc(C(C)(C)C)c3)[CH-][N@@+]2(c2ccccc2)C1.[Pt]. The van der Waals surface area contributed by atoms with Crippen molar-refractivity contribution in [3.63, 3.8) is 0 Å². The monoisotopic (exact) mass is 896 g/mol. The minimum absolute atomic E-state index is 0. The second-order valence-electron chi connectivity index (χ2n) is 15.9. The van der Waals surface area contributed by atoms with Crippen LogP contribution in [0.1, 0.15) is 37.5 Å². The van der Waals surface area contributed by atoms with Gasteiger partial charge >= 0.3 is 0 Å². The van der Waals surface area contributed by atoms with E-state index in [1.54, 1.807) is 0 Å². The van der Waals surface area contributed by atoms with Gasteiger partial charge in [-0.05, 0) is 71.7 Å². The van der Waals surface area contributed by atoms with Crippen molar-refractivity contribution in [2.75, 3.05) is 6.67 Å². The number of nitrogens with zero attached hydrogens (tertiary/aromatic N) is 4. The summed E-state index contributed by atoms with van der Waals surface area (Å²) in [5, 5.41) is 2.26. The van der Waals surface area contributed by atoms with Crippen molar-refractivity contribution in [1.29, 1.82) is 0 Å². The molecule has 1 saturated heterocycles. The van der Waals surface area contributed by atoms with Crippen LogP contribution in [0, 0.1) is 32.6 Å². The standard InChI is InChI=1S/C49H41N4O.Pt/c1-33-24-45-46(25-34(33)2)53(31-52(45,32-53)37-18-10-7-11-19-37)38-26-36(49(3,4)5)27-39(28-38)54-40-29-42(35-16-8-6-9-17-35)48-41-20-12-13-21-43(41)51(44(48)30-40)47-22-14-15-23-50-47;/h6-27,29,31H,32H2,1-5H3;/q-1;/t52-,53+;/m0./s1. The maximum absolute atomic E-state index is 7.00. The van der Waals surface area contributed by atoms with Crippen LogP contribution in [0.15, 0.2) is 140 Å². The number of benzene rings is 6. The van der Waals surface area contributed by atoms with E-state index in [1.807, 2.05) is 24.4 Å². The molecule has 11 rings (SSSR count). The van der Waals surface area contributed by atoms with Crippen molar-refractivity contribution in [3.8, 4) is 28.4 Å².